The molecule has 8 nitrogen and oxygen atoms in total. The highest BCUT2D eigenvalue weighted by molar-refractivity contribution is 6.08. The van der Waals surface area contributed by atoms with Gasteiger partial charge in [-0.3, -0.25) is 19.3 Å². The lowest BCUT2D eigenvalue weighted by Gasteiger charge is -2.31. The molecule has 0 aromatic rings. The molecule has 2 fully saturated rings. The maximum absolute atomic E-state index is 12.2. The summed E-state index contributed by atoms with van der Waals surface area (Å²) in [5.74, 6) is -1.15. The van der Waals surface area contributed by atoms with E-state index in [0.29, 0.717) is 25.9 Å². The van der Waals surface area contributed by atoms with E-state index >= 15 is 0 Å². The number of esters is 1. The largest absolute Gasteiger partial charge is 0.469 e. The van der Waals surface area contributed by atoms with Crippen molar-refractivity contribution in [2.75, 3.05) is 26.7 Å². The second-order valence-electron chi connectivity index (χ2n) is 6.12. The lowest BCUT2D eigenvalue weighted by molar-refractivity contribution is -0.149. The molecule has 0 saturated carbocycles. The lowest BCUT2D eigenvalue weighted by atomic mass is 9.97. The molecule has 0 radical (unpaired) electrons. The summed E-state index contributed by atoms with van der Waals surface area (Å²) in [6, 6.07) is -0.548. The highest BCUT2D eigenvalue weighted by Crippen LogP contribution is 2.20. The number of carbonyl (C=O) groups is 4. The molecule has 4 amide bonds. The molecule has 2 saturated heterocycles. The Morgan fingerprint density at radius 3 is 2.32 bits per heavy atom. The third-order valence-corrected chi connectivity index (χ3v) is 4.12. The van der Waals surface area contributed by atoms with Crippen LogP contribution < -0.4 is 5.32 Å². The first-order valence-electron chi connectivity index (χ1n) is 7.26. The average Bonchev–Trinajstić information content (AvgIpc) is 2.68. The Morgan fingerprint density at radius 1 is 1.27 bits per heavy atom. The van der Waals surface area contributed by atoms with Crippen LogP contribution in [0.25, 0.3) is 0 Å². The van der Waals surface area contributed by atoms with Gasteiger partial charge in [0.2, 0.25) is 5.91 Å². The van der Waals surface area contributed by atoms with Crippen LogP contribution in [0, 0.1) is 5.92 Å². The van der Waals surface area contributed by atoms with Crippen molar-refractivity contribution in [3.8, 4) is 0 Å². The Morgan fingerprint density at radius 2 is 1.86 bits per heavy atom. The van der Waals surface area contributed by atoms with Crippen LogP contribution in [0.1, 0.15) is 26.7 Å². The molecule has 22 heavy (non-hydrogen) atoms. The minimum absolute atomic E-state index is 0.190. The van der Waals surface area contributed by atoms with E-state index in [0.717, 1.165) is 4.90 Å². The quantitative estimate of drug-likeness (QED) is 0.572. The summed E-state index contributed by atoms with van der Waals surface area (Å²) in [5, 5.41) is 2.54. The Hall–Kier alpha value is -2.12. The maximum atomic E-state index is 12.2. The lowest BCUT2D eigenvalue weighted by Crippen LogP contribution is -2.47. The SMILES string of the molecule is COC(=O)C1CCN(C(=O)CN2C(=O)NC(C)(C)C2=O)CC1. The van der Waals surface area contributed by atoms with Crippen LogP contribution in [-0.4, -0.2) is 65.9 Å². The monoisotopic (exact) mass is 311 g/mol. The third-order valence-electron chi connectivity index (χ3n) is 4.12. The van der Waals surface area contributed by atoms with Gasteiger partial charge >= 0.3 is 12.0 Å². The number of methoxy groups -OCH3 is 1. The van der Waals surface area contributed by atoms with Gasteiger partial charge in [-0.05, 0) is 26.7 Å². The van der Waals surface area contributed by atoms with Crippen molar-refractivity contribution in [1.29, 1.82) is 0 Å². The summed E-state index contributed by atoms with van der Waals surface area (Å²) in [4.78, 5) is 50.0. The molecule has 0 aromatic carbocycles. The van der Waals surface area contributed by atoms with Crippen LogP contribution in [0.2, 0.25) is 0 Å². The topological polar surface area (TPSA) is 96.0 Å². The fourth-order valence-corrected chi connectivity index (χ4v) is 2.73. The summed E-state index contributed by atoms with van der Waals surface area (Å²) in [5.41, 5.74) is -0.977. The van der Waals surface area contributed by atoms with Crippen LogP contribution in [0.4, 0.5) is 4.79 Å². The highest BCUT2D eigenvalue weighted by atomic mass is 16.5. The predicted octanol–water partition coefficient (Wildman–Crippen LogP) is -0.272. The summed E-state index contributed by atoms with van der Waals surface area (Å²) in [6.07, 6.45) is 1.06. The zero-order chi connectivity index (χ0) is 16.5. The molecule has 2 rings (SSSR count). The number of hydrogen-bond acceptors (Lipinski definition) is 5. The van der Waals surface area contributed by atoms with Gasteiger partial charge in [0.25, 0.3) is 5.91 Å². The van der Waals surface area contributed by atoms with Crippen LogP contribution in [0.15, 0.2) is 0 Å². The van der Waals surface area contributed by atoms with Crippen molar-refractivity contribution in [1.82, 2.24) is 15.1 Å². The Kier molecular flexibility index (Phi) is 4.39. The molecule has 1 N–H and O–H groups in total. The van der Waals surface area contributed by atoms with Gasteiger partial charge in [-0.1, -0.05) is 0 Å². The fraction of sp³-hybridized carbons (Fsp3) is 0.714. The van der Waals surface area contributed by atoms with Gasteiger partial charge in [0, 0.05) is 13.1 Å². The molecular formula is C14H21N3O5. The number of likely N-dealkylation sites (tertiary alicyclic amines) is 1. The smallest absolute Gasteiger partial charge is 0.325 e. The number of nitrogens with zero attached hydrogens (tertiary/aromatic N) is 2. The molecule has 0 unspecified atom stereocenters. The van der Waals surface area contributed by atoms with E-state index in [4.69, 9.17) is 4.74 Å². The molecule has 122 valence electrons. The fourth-order valence-electron chi connectivity index (χ4n) is 2.73. The van der Waals surface area contributed by atoms with E-state index in [2.05, 4.69) is 5.32 Å². The number of hydrogen-bond donors (Lipinski definition) is 1. The minimum Gasteiger partial charge on any atom is -0.469 e. The van der Waals surface area contributed by atoms with Crippen LogP contribution in [0.3, 0.4) is 0 Å². The van der Waals surface area contributed by atoms with Gasteiger partial charge in [0.05, 0.1) is 13.0 Å². The number of nitrogens with one attached hydrogen (secondary N) is 1. The summed E-state index contributed by atoms with van der Waals surface area (Å²) in [6.45, 7) is 3.77. The first kappa shape index (κ1) is 16.3. The van der Waals surface area contributed by atoms with Gasteiger partial charge in [-0.2, -0.15) is 0 Å². The van der Waals surface area contributed by atoms with Crippen molar-refractivity contribution in [3.05, 3.63) is 0 Å². The summed E-state index contributed by atoms with van der Waals surface area (Å²) >= 11 is 0. The predicted molar refractivity (Wildman–Crippen MR) is 75.6 cm³/mol. The van der Waals surface area contributed by atoms with E-state index in [9.17, 15) is 19.2 Å². The van der Waals surface area contributed by atoms with Crippen LogP contribution >= 0.6 is 0 Å². The van der Waals surface area contributed by atoms with Gasteiger partial charge in [0.15, 0.2) is 0 Å². The van der Waals surface area contributed by atoms with E-state index in [1.54, 1.807) is 18.7 Å². The first-order valence-corrected chi connectivity index (χ1v) is 7.26. The Balaban J connectivity index is 1.90. The van der Waals surface area contributed by atoms with Crippen molar-refractivity contribution in [2.24, 2.45) is 5.92 Å². The molecule has 2 aliphatic heterocycles. The van der Waals surface area contributed by atoms with E-state index in [-0.39, 0.29) is 24.3 Å². The second-order valence-corrected chi connectivity index (χ2v) is 6.12. The van der Waals surface area contributed by atoms with Crippen molar-refractivity contribution >= 4 is 23.8 Å². The zero-order valence-corrected chi connectivity index (χ0v) is 13.0. The Bertz CT molecular complexity index is 509. The van der Waals surface area contributed by atoms with Gasteiger partial charge in [-0.15, -0.1) is 0 Å². The number of carbonyl (C=O) groups excluding carboxylic acids is 4. The minimum atomic E-state index is -0.977. The number of ether oxygens (including phenoxy) is 1. The summed E-state index contributed by atoms with van der Waals surface area (Å²) in [7, 11) is 1.35. The average molecular weight is 311 g/mol. The zero-order valence-electron chi connectivity index (χ0n) is 13.0. The Labute approximate surface area is 128 Å². The van der Waals surface area contributed by atoms with Gasteiger partial charge in [-0.25, -0.2) is 4.79 Å². The molecule has 0 atom stereocenters. The number of imide groups is 1. The van der Waals surface area contributed by atoms with E-state index < -0.39 is 17.5 Å². The number of urea groups is 1. The standard InChI is InChI=1S/C14H21N3O5/c1-14(2)12(20)17(13(21)15-14)8-10(18)16-6-4-9(5-7-16)11(19)22-3/h9H,4-8H2,1-3H3,(H,15,21). The van der Waals surface area contributed by atoms with Crippen molar-refractivity contribution in [3.63, 3.8) is 0 Å². The van der Waals surface area contributed by atoms with E-state index in [1.165, 1.54) is 7.11 Å². The molecule has 0 aromatic heterocycles. The van der Waals surface area contributed by atoms with Gasteiger partial charge in [0.1, 0.15) is 12.1 Å². The number of piperidine rings is 1. The highest BCUT2D eigenvalue weighted by Gasteiger charge is 2.45. The summed E-state index contributed by atoms with van der Waals surface area (Å²) < 4.78 is 4.70. The normalized spacial score (nSPS) is 21.8. The molecule has 0 bridgehead atoms. The number of amides is 4. The van der Waals surface area contributed by atoms with Crippen LogP contribution in [-0.2, 0) is 19.1 Å². The molecule has 0 spiro atoms. The maximum Gasteiger partial charge on any atom is 0.325 e. The van der Waals surface area contributed by atoms with Crippen molar-refractivity contribution in [2.45, 2.75) is 32.2 Å². The van der Waals surface area contributed by atoms with Gasteiger partial charge < -0.3 is 15.0 Å². The third kappa shape index (κ3) is 3.05. The second kappa shape index (κ2) is 5.94. The molecule has 0 aliphatic carbocycles. The number of rotatable bonds is 3. The molecular weight excluding hydrogens is 290 g/mol. The van der Waals surface area contributed by atoms with E-state index in [1.807, 2.05) is 0 Å². The molecule has 2 heterocycles. The molecule has 8 heteroatoms. The van der Waals surface area contributed by atoms with Crippen LogP contribution in [0.5, 0.6) is 0 Å². The van der Waals surface area contributed by atoms with Crippen molar-refractivity contribution < 1.29 is 23.9 Å². The molecule has 2 aliphatic rings. The first-order chi connectivity index (χ1) is 10.3.